The smallest absolute Gasteiger partial charge is 0.306 e. The first-order chi connectivity index (χ1) is 13.1. The number of hydrogen-bond donors (Lipinski definition) is 3. The van der Waals surface area contributed by atoms with Gasteiger partial charge in [-0.2, -0.15) is 0 Å². The summed E-state index contributed by atoms with van der Waals surface area (Å²) in [7, 11) is 1.69. The predicted octanol–water partition coefficient (Wildman–Crippen LogP) is 3.01. The second-order valence-electron chi connectivity index (χ2n) is 9.73. The van der Waals surface area contributed by atoms with Crippen LogP contribution >= 0.6 is 0 Å². The van der Waals surface area contributed by atoms with Crippen LogP contribution in [0.2, 0.25) is 0 Å². The molecule has 0 radical (unpaired) electrons. The first kappa shape index (κ1) is 28.0. The molecular weight excluding hydrogens is 372 g/mol. The number of methoxy groups -OCH3 is 1. The molecular formula is C22H44N2O5. The maximum Gasteiger partial charge on any atom is 0.306 e. The van der Waals surface area contributed by atoms with Crippen molar-refractivity contribution in [3.8, 4) is 0 Å². The standard InChI is InChI=1S/C22H44N2O5/c1-16(2)23-15-18(25)22(8,14-17(3)19(26)27)24-12-10-21(6,7)29-13-11-20(4,5)28-9/h16-17,23-24H,10-15H2,1-9H3,(H,26,27). The summed E-state index contributed by atoms with van der Waals surface area (Å²) >= 11 is 0. The molecule has 0 rings (SSSR count). The Kier molecular flexibility index (Phi) is 11.6. The highest BCUT2D eigenvalue weighted by molar-refractivity contribution is 5.90. The van der Waals surface area contributed by atoms with Gasteiger partial charge in [-0.15, -0.1) is 0 Å². The largest absolute Gasteiger partial charge is 0.481 e. The Morgan fingerprint density at radius 2 is 1.59 bits per heavy atom. The summed E-state index contributed by atoms with van der Waals surface area (Å²) < 4.78 is 11.4. The van der Waals surface area contributed by atoms with Gasteiger partial charge in [-0.05, 0) is 60.4 Å². The van der Waals surface area contributed by atoms with E-state index in [9.17, 15) is 14.7 Å². The number of ether oxygens (including phenoxy) is 2. The summed E-state index contributed by atoms with van der Waals surface area (Å²) in [5.74, 6) is -1.54. The minimum absolute atomic E-state index is 0.0279. The van der Waals surface area contributed by atoms with E-state index < -0.39 is 17.4 Å². The van der Waals surface area contributed by atoms with Gasteiger partial charge in [-0.1, -0.05) is 20.8 Å². The molecule has 0 fully saturated rings. The van der Waals surface area contributed by atoms with Gasteiger partial charge in [0.15, 0.2) is 5.78 Å². The van der Waals surface area contributed by atoms with Crippen LogP contribution in [-0.4, -0.2) is 66.4 Å². The molecule has 0 aromatic heterocycles. The normalized spacial score (nSPS) is 15.9. The zero-order valence-electron chi connectivity index (χ0n) is 20.0. The molecule has 7 heteroatoms. The summed E-state index contributed by atoms with van der Waals surface area (Å²) in [5.41, 5.74) is -1.50. The van der Waals surface area contributed by atoms with E-state index in [0.29, 0.717) is 19.6 Å². The average Bonchev–Trinajstić information content (AvgIpc) is 2.58. The quantitative estimate of drug-likeness (QED) is 0.356. The Morgan fingerprint density at radius 3 is 2.07 bits per heavy atom. The fraction of sp³-hybridized carbons (Fsp3) is 0.909. The molecule has 0 aliphatic heterocycles. The van der Waals surface area contributed by atoms with E-state index in [1.165, 1.54) is 0 Å². The molecule has 0 saturated heterocycles. The van der Waals surface area contributed by atoms with Gasteiger partial charge in [0, 0.05) is 13.2 Å². The Balaban J connectivity index is 4.85. The summed E-state index contributed by atoms with van der Waals surface area (Å²) in [4.78, 5) is 24.2. The SMILES string of the molecule is COC(C)(C)CCOC(C)(C)CCNC(C)(CC(C)C(=O)O)C(=O)CNC(C)C. The second-order valence-corrected chi connectivity index (χ2v) is 9.73. The Morgan fingerprint density at radius 1 is 1.00 bits per heavy atom. The molecule has 0 aromatic carbocycles. The van der Waals surface area contributed by atoms with Crippen molar-refractivity contribution in [1.82, 2.24) is 10.6 Å². The van der Waals surface area contributed by atoms with Gasteiger partial charge in [-0.25, -0.2) is 0 Å². The number of carboxylic acids is 1. The highest BCUT2D eigenvalue weighted by Crippen LogP contribution is 2.21. The van der Waals surface area contributed by atoms with Crippen molar-refractivity contribution in [2.75, 3.05) is 26.8 Å². The van der Waals surface area contributed by atoms with E-state index in [2.05, 4.69) is 10.6 Å². The van der Waals surface area contributed by atoms with Crippen LogP contribution < -0.4 is 10.6 Å². The number of aliphatic carboxylic acids is 1. The van der Waals surface area contributed by atoms with Crippen molar-refractivity contribution in [1.29, 1.82) is 0 Å². The Bertz CT molecular complexity index is 519. The first-order valence-corrected chi connectivity index (χ1v) is 10.6. The van der Waals surface area contributed by atoms with Crippen LogP contribution in [0.4, 0.5) is 0 Å². The van der Waals surface area contributed by atoms with Crippen LogP contribution in [0.25, 0.3) is 0 Å². The van der Waals surface area contributed by atoms with E-state index in [-0.39, 0.29) is 36.0 Å². The zero-order chi connectivity index (χ0) is 22.9. The summed E-state index contributed by atoms with van der Waals surface area (Å²) in [6.07, 6.45) is 1.72. The van der Waals surface area contributed by atoms with Crippen LogP contribution in [-0.2, 0) is 19.1 Å². The van der Waals surface area contributed by atoms with Crippen LogP contribution in [0.3, 0.4) is 0 Å². The molecule has 0 heterocycles. The number of carbonyl (C=O) groups excluding carboxylic acids is 1. The lowest BCUT2D eigenvalue weighted by atomic mass is 9.85. The van der Waals surface area contributed by atoms with Gasteiger partial charge >= 0.3 is 5.97 Å². The van der Waals surface area contributed by atoms with E-state index in [1.807, 2.05) is 41.5 Å². The number of carbonyl (C=O) groups is 2. The predicted molar refractivity (Wildman–Crippen MR) is 116 cm³/mol. The van der Waals surface area contributed by atoms with Crippen molar-refractivity contribution in [3.63, 3.8) is 0 Å². The molecule has 0 saturated carbocycles. The number of carboxylic acid groups (broad SMARTS) is 1. The molecule has 2 atom stereocenters. The monoisotopic (exact) mass is 416 g/mol. The van der Waals surface area contributed by atoms with E-state index in [1.54, 1.807) is 21.0 Å². The van der Waals surface area contributed by atoms with Gasteiger partial charge < -0.3 is 25.2 Å². The van der Waals surface area contributed by atoms with E-state index in [4.69, 9.17) is 9.47 Å². The molecule has 0 aromatic rings. The van der Waals surface area contributed by atoms with Crippen molar-refractivity contribution in [2.24, 2.45) is 5.92 Å². The van der Waals surface area contributed by atoms with Crippen molar-refractivity contribution < 1.29 is 24.2 Å². The van der Waals surface area contributed by atoms with Crippen LogP contribution in [0.1, 0.15) is 74.7 Å². The van der Waals surface area contributed by atoms with Crippen LogP contribution in [0.5, 0.6) is 0 Å². The lowest BCUT2D eigenvalue weighted by Gasteiger charge is -2.34. The van der Waals surface area contributed by atoms with Gasteiger partial charge in [0.2, 0.25) is 0 Å². The third kappa shape index (κ3) is 11.7. The van der Waals surface area contributed by atoms with Gasteiger partial charge in [-0.3, -0.25) is 9.59 Å². The minimum Gasteiger partial charge on any atom is -0.481 e. The van der Waals surface area contributed by atoms with Crippen molar-refractivity contribution >= 4 is 11.8 Å². The fourth-order valence-corrected chi connectivity index (χ4v) is 2.86. The number of nitrogens with one attached hydrogen (secondary N) is 2. The highest BCUT2D eigenvalue weighted by atomic mass is 16.5. The van der Waals surface area contributed by atoms with Crippen molar-refractivity contribution in [3.05, 3.63) is 0 Å². The van der Waals surface area contributed by atoms with Crippen LogP contribution in [0, 0.1) is 5.92 Å². The van der Waals surface area contributed by atoms with E-state index in [0.717, 1.165) is 6.42 Å². The minimum atomic E-state index is -0.909. The van der Waals surface area contributed by atoms with Crippen molar-refractivity contribution in [2.45, 2.75) is 97.4 Å². The lowest BCUT2D eigenvalue weighted by molar-refractivity contribution is -0.142. The molecule has 172 valence electrons. The topological polar surface area (TPSA) is 96.9 Å². The lowest BCUT2D eigenvalue weighted by Crippen LogP contribution is -2.55. The summed E-state index contributed by atoms with van der Waals surface area (Å²) in [6.45, 7) is 16.8. The highest BCUT2D eigenvalue weighted by Gasteiger charge is 2.36. The molecule has 0 aliphatic carbocycles. The number of hydrogen-bond acceptors (Lipinski definition) is 6. The number of Topliss-reactive ketones (excluding diaryl/α,β-unsaturated/α-hetero) is 1. The first-order valence-electron chi connectivity index (χ1n) is 10.6. The number of ketones is 1. The molecule has 29 heavy (non-hydrogen) atoms. The molecule has 0 bridgehead atoms. The second kappa shape index (κ2) is 12.0. The maximum atomic E-state index is 12.8. The maximum absolute atomic E-state index is 12.8. The van der Waals surface area contributed by atoms with Gasteiger partial charge in [0.1, 0.15) is 0 Å². The Hall–Kier alpha value is -1.02. The third-order valence-electron chi connectivity index (χ3n) is 5.41. The fourth-order valence-electron chi connectivity index (χ4n) is 2.86. The van der Waals surface area contributed by atoms with Gasteiger partial charge in [0.05, 0.1) is 35.8 Å². The third-order valence-corrected chi connectivity index (χ3v) is 5.41. The van der Waals surface area contributed by atoms with Crippen LogP contribution in [0.15, 0.2) is 0 Å². The summed E-state index contributed by atoms with van der Waals surface area (Å²) in [6, 6.07) is 0.184. The van der Waals surface area contributed by atoms with E-state index >= 15 is 0 Å². The molecule has 0 aliphatic rings. The Labute approximate surface area is 177 Å². The molecule has 2 unspecified atom stereocenters. The molecule has 0 amide bonds. The molecule has 3 N–H and O–H groups in total. The molecule has 7 nitrogen and oxygen atoms in total. The van der Waals surface area contributed by atoms with Gasteiger partial charge in [0.25, 0.3) is 0 Å². The number of rotatable bonds is 16. The zero-order valence-corrected chi connectivity index (χ0v) is 20.0. The average molecular weight is 417 g/mol. The molecule has 0 spiro atoms. The summed E-state index contributed by atoms with van der Waals surface area (Å²) in [5, 5.41) is 15.8.